The molecule has 0 amide bonds. The van der Waals surface area contributed by atoms with Crippen LogP contribution in [0.1, 0.15) is 24.1 Å². The van der Waals surface area contributed by atoms with Crippen LogP contribution in [-0.2, 0) is 0 Å². The number of benzene rings is 1. The summed E-state index contributed by atoms with van der Waals surface area (Å²) in [5, 5.41) is 8.88. The molecule has 1 heterocycles. The number of hydrogen-bond donors (Lipinski definition) is 1. The van der Waals surface area contributed by atoms with Gasteiger partial charge in [0.15, 0.2) is 11.5 Å². The number of nitrogens with two attached hydrogens (primary N) is 1. The molecule has 2 rings (SSSR count). The van der Waals surface area contributed by atoms with Gasteiger partial charge in [-0.25, -0.2) is 4.98 Å². The Bertz CT molecular complexity index is 648. The number of nitriles is 1. The first-order valence-electron chi connectivity index (χ1n) is 6.12. The van der Waals surface area contributed by atoms with Gasteiger partial charge in [0.25, 0.3) is 0 Å². The van der Waals surface area contributed by atoms with E-state index in [1.54, 1.807) is 24.4 Å². The Balaban J connectivity index is 2.38. The van der Waals surface area contributed by atoms with Gasteiger partial charge in [-0.05, 0) is 25.1 Å². The number of rotatable bonds is 4. The molecule has 0 radical (unpaired) electrons. The number of pyridine rings is 1. The van der Waals surface area contributed by atoms with E-state index in [0.29, 0.717) is 22.9 Å². The van der Waals surface area contributed by atoms with Crippen LogP contribution < -0.4 is 15.2 Å². The van der Waals surface area contributed by atoms with Gasteiger partial charge in [0.1, 0.15) is 0 Å². The Labute approximate surface area is 117 Å². The lowest BCUT2D eigenvalue weighted by Gasteiger charge is -2.14. The third kappa shape index (κ3) is 2.87. The van der Waals surface area contributed by atoms with Crippen molar-refractivity contribution >= 4 is 0 Å². The molecule has 0 bridgehead atoms. The monoisotopic (exact) mass is 269 g/mol. The lowest BCUT2D eigenvalue weighted by molar-refractivity contribution is 0.371. The maximum atomic E-state index is 8.88. The van der Waals surface area contributed by atoms with Crippen LogP contribution in [-0.4, -0.2) is 12.1 Å². The number of aromatic nitrogens is 1. The van der Waals surface area contributed by atoms with Crippen molar-refractivity contribution in [3.05, 3.63) is 47.7 Å². The normalized spacial score (nSPS) is 11.5. The van der Waals surface area contributed by atoms with E-state index >= 15 is 0 Å². The summed E-state index contributed by atoms with van der Waals surface area (Å²) in [6.45, 7) is 1.86. The number of nitrogens with zero attached hydrogens (tertiary/aromatic N) is 2. The van der Waals surface area contributed by atoms with Crippen molar-refractivity contribution in [3.8, 4) is 23.4 Å². The average Bonchev–Trinajstić information content (AvgIpc) is 2.48. The second-order valence-corrected chi connectivity index (χ2v) is 4.27. The van der Waals surface area contributed by atoms with Crippen LogP contribution in [0.3, 0.4) is 0 Å². The first-order chi connectivity index (χ1) is 9.65. The largest absolute Gasteiger partial charge is 0.493 e. The molecule has 5 nitrogen and oxygen atoms in total. The van der Waals surface area contributed by atoms with E-state index in [1.807, 2.05) is 19.1 Å². The quantitative estimate of drug-likeness (QED) is 0.923. The lowest BCUT2D eigenvalue weighted by atomic mass is 10.1. The van der Waals surface area contributed by atoms with Crippen LogP contribution >= 0.6 is 0 Å². The molecule has 0 saturated carbocycles. The Morgan fingerprint density at radius 3 is 2.75 bits per heavy atom. The minimum absolute atomic E-state index is 0.192. The molecular formula is C15H15N3O2. The highest BCUT2D eigenvalue weighted by Crippen LogP contribution is 2.33. The fourth-order valence-corrected chi connectivity index (χ4v) is 1.76. The van der Waals surface area contributed by atoms with Crippen molar-refractivity contribution in [2.45, 2.75) is 13.0 Å². The molecule has 20 heavy (non-hydrogen) atoms. The van der Waals surface area contributed by atoms with Gasteiger partial charge in [-0.3, -0.25) is 0 Å². The molecule has 5 heteroatoms. The van der Waals surface area contributed by atoms with E-state index < -0.39 is 0 Å². The second kappa shape index (κ2) is 6.04. The maximum absolute atomic E-state index is 8.88. The van der Waals surface area contributed by atoms with Crippen molar-refractivity contribution in [1.29, 1.82) is 5.26 Å². The zero-order valence-corrected chi connectivity index (χ0v) is 11.3. The Kier molecular flexibility index (Phi) is 4.18. The van der Waals surface area contributed by atoms with Gasteiger partial charge in [0.05, 0.1) is 18.7 Å². The van der Waals surface area contributed by atoms with Crippen molar-refractivity contribution in [2.24, 2.45) is 5.73 Å². The standard InChI is InChI=1S/C15H15N3O2/c1-10(17)12-4-3-7-18-15(12)20-13-6-5-11(9-16)8-14(13)19-2/h3-8,10H,17H2,1-2H3/t10-/m1/s1. The molecule has 0 aliphatic rings. The molecule has 0 aliphatic heterocycles. The Morgan fingerprint density at radius 1 is 1.30 bits per heavy atom. The summed E-state index contributed by atoms with van der Waals surface area (Å²) in [6.07, 6.45) is 1.64. The molecule has 1 aromatic carbocycles. The number of methoxy groups -OCH3 is 1. The summed E-state index contributed by atoms with van der Waals surface area (Å²) in [5.74, 6) is 1.41. The topological polar surface area (TPSA) is 81.2 Å². The molecule has 0 fully saturated rings. The molecule has 1 aromatic heterocycles. The van der Waals surface area contributed by atoms with Crippen LogP contribution in [0.25, 0.3) is 0 Å². The molecule has 1 atom stereocenters. The fraction of sp³-hybridized carbons (Fsp3) is 0.200. The number of hydrogen-bond acceptors (Lipinski definition) is 5. The molecule has 2 N–H and O–H groups in total. The fourth-order valence-electron chi connectivity index (χ4n) is 1.76. The minimum Gasteiger partial charge on any atom is -0.493 e. The first-order valence-corrected chi connectivity index (χ1v) is 6.12. The van der Waals surface area contributed by atoms with Gasteiger partial charge < -0.3 is 15.2 Å². The maximum Gasteiger partial charge on any atom is 0.224 e. The molecule has 2 aromatic rings. The van der Waals surface area contributed by atoms with E-state index in [9.17, 15) is 0 Å². The predicted octanol–water partition coefficient (Wildman–Crippen LogP) is 2.77. The third-order valence-corrected chi connectivity index (χ3v) is 2.79. The van der Waals surface area contributed by atoms with Crippen LogP contribution in [0, 0.1) is 11.3 Å². The van der Waals surface area contributed by atoms with E-state index in [0.717, 1.165) is 5.56 Å². The van der Waals surface area contributed by atoms with Crippen molar-refractivity contribution in [3.63, 3.8) is 0 Å². The Morgan fingerprint density at radius 2 is 2.10 bits per heavy atom. The van der Waals surface area contributed by atoms with E-state index in [1.165, 1.54) is 7.11 Å². The highest BCUT2D eigenvalue weighted by Gasteiger charge is 2.13. The molecule has 0 unspecified atom stereocenters. The van der Waals surface area contributed by atoms with E-state index in [4.69, 9.17) is 20.5 Å². The van der Waals surface area contributed by atoms with Crippen LogP contribution in [0.15, 0.2) is 36.5 Å². The van der Waals surface area contributed by atoms with E-state index in [2.05, 4.69) is 11.1 Å². The van der Waals surface area contributed by atoms with Crippen LogP contribution in [0.5, 0.6) is 17.4 Å². The second-order valence-electron chi connectivity index (χ2n) is 4.27. The summed E-state index contributed by atoms with van der Waals surface area (Å²) in [6, 6.07) is 10.5. The van der Waals surface area contributed by atoms with Crippen molar-refractivity contribution in [1.82, 2.24) is 4.98 Å². The summed E-state index contributed by atoms with van der Waals surface area (Å²) >= 11 is 0. The predicted molar refractivity (Wildman–Crippen MR) is 74.6 cm³/mol. The van der Waals surface area contributed by atoms with Gasteiger partial charge in [-0.2, -0.15) is 5.26 Å². The molecule has 0 aliphatic carbocycles. The van der Waals surface area contributed by atoms with Gasteiger partial charge in [-0.15, -0.1) is 0 Å². The van der Waals surface area contributed by atoms with Gasteiger partial charge in [0, 0.05) is 23.9 Å². The lowest BCUT2D eigenvalue weighted by Crippen LogP contribution is -2.07. The zero-order chi connectivity index (χ0) is 14.5. The number of ether oxygens (including phenoxy) is 2. The van der Waals surface area contributed by atoms with Gasteiger partial charge >= 0.3 is 0 Å². The average molecular weight is 269 g/mol. The van der Waals surface area contributed by atoms with Gasteiger partial charge in [0.2, 0.25) is 5.88 Å². The van der Waals surface area contributed by atoms with Crippen LogP contribution in [0.4, 0.5) is 0 Å². The summed E-state index contributed by atoms with van der Waals surface area (Å²) < 4.78 is 11.0. The Hall–Kier alpha value is -2.58. The zero-order valence-electron chi connectivity index (χ0n) is 11.3. The SMILES string of the molecule is COc1cc(C#N)ccc1Oc1ncccc1[C@@H](C)N. The van der Waals surface area contributed by atoms with Crippen molar-refractivity contribution in [2.75, 3.05) is 7.11 Å². The molecule has 102 valence electrons. The van der Waals surface area contributed by atoms with Crippen molar-refractivity contribution < 1.29 is 9.47 Å². The van der Waals surface area contributed by atoms with E-state index in [-0.39, 0.29) is 6.04 Å². The summed E-state index contributed by atoms with van der Waals surface area (Å²) in [5.41, 5.74) is 7.20. The molecular weight excluding hydrogens is 254 g/mol. The van der Waals surface area contributed by atoms with Crippen LogP contribution in [0.2, 0.25) is 0 Å². The van der Waals surface area contributed by atoms with Gasteiger partial charge in [-0.1, -0.05) is 6.07 Å². The third-order valence-electron chi connectivity index (χ3n) is 2.79. The molecule has 0 spiro atoms. The molecule has 0 saturated heterocycles. The highest BCUT2D eigenvalue weighted by atomic mass is 16.5. The summed E-state index contributed by atoms with van der Waals surface area (Å²) in [7, 11) is 1.52. The minimum atomic E-state index is -0.192. The summed E-state index contributed by atoms with van der Waals surface area (Å²) in [4.78, 5) is 4.19. The highest BCUT2D eigenvalue weighted by molar-refractivity contribution is 5.48. The smallest absolute Gasteiger partial charge is 0.224 e. The first kappa shape index (κ1) is 13.8.